The van der Waals surface area contributed by atoms with Crippen LogP contribution in [0.25, 0.3) is 11.2 Å². The van der Waals surface area contributed by atoms with Gasteiger partial charge in [0.1, 0.15) is 5.65 Å². The molecule has 180 valence electrons. The predicted molar refractivity (Wildman–Crippen MR) is 127 cm³/mol. The molecule has 1 N–H and O–H groups in total. The van der Waals surface area contributed by atoms with Crippen molar-refractivity contribution >= 4 is 17.1 Å². The van der Waals surface area contributed by atoms with E-state index >= 15 is 0 Å². The van der Waals surface area contributed by atoms with E-state index in [1.807, 2.05) is 24.3 Å². The molecule has 2 fully saturated rings. The van der Waals surface area contributed by atoms with Crippen molar-refractivity contribution in [2.45, 2.75) is 38.0 Å². The highest BCUT2D eigenvalue weighted by atomic mass is 16.3. The van der Waals surface area contributed by atoms with E-state index in [4.69, 9.17) is 0 Å². The summed E-state index contributed by atoms with van der Waals surface area (Å²) in [5.41, 5.74) is 1.31. The van der Waals surface area contributed by atoms with E-state index in [0.29, 0.717) is 11.2 Å². The van der Waals surface area contributed by atoms with Gasteiger partial charge in [0, 0.05) is 39.3 Å². The molecular formula is C24H30N6O4. The van der Waals surface area contributed by atoms with Crippen LogP contribution >= 0.6 is 0 Å². The molecule has 0 unspecified atom stereocenters. The molecular weight excluding hydrogens is 436 g/mol. The van der Waals surface area contributed by atoms with Gasteiger partial charge in [0.2, 0.25) is 0 Å². The number of benzene rings is 1. The van der Waals surface area contributed by atoms with Gasteiger partial charge in [-0.15, -0.1) is 0 Å². The predicted octanol–water partition coefficient (Wildman–Crippen LogP) is 0.478. The number of aryl methyl sites for hydroxylation is 1. The highest BCUT2D eigenvalue weighted by Gasteiger charge is 2.37. The van der Waals surface area contributed by atoms with Crippen molar-refractivity contribution in [2.75, 3.05) is 26.2 Å². The summed E-state index contributed by atoms with van der Waals surface area (Å²) in [6.45, 7) is 3.55. The zero-order chi connectivity index (χ0) is 24.0. The SMILES string of the molecule is Cn1c(=O)c2ncn([C@@H]3CN(C(=O)c4ccc(CN5CCCCC5)cc4)C[C@H]3O)c2n(C)c1=O. The van der Waals surface area contributed by atoms with Gasteiger partial charge in [0.15, 0.2) is 5.52 Å². The first-order valence-corrected chi connectivity index (χ1v) is 11.8. The third-order valence-electron chi connectivity index (χ3n) is 7.13. The Labute approximate surface area is 196 Å². The average Bonchev–Trinajstić information content (AvgIpc) is 3.46. The fourth-order valence-electron chi connectivity index (χ4n) is 5.16. The molecule has 2 saturated heterocycles. The molecule has 1 aromatic carbocycles. The first kappa shape index (κ1) is 22.5. The quantitative estimate of drug-likeness (QED) is 0.600. The van der Waals surface area contributed by atoms with E-state index in [2.05, 4.69) is 9.88 Å². The van der Waals surface area contributed by atoms with Crippen LogP contribution in [0, 0.1) is 0 Å². The van der Waals surface area contributed by atoms with Crippen LogP contribution in [0.4, 0.5) is 0 Å². The average molecular weight is 467 g/mol. The van der Waals surface area contributed by atoms with Crippen molar-refractivity contribution in [2.24, 2.45) is 14.1 Å². The number of fused-ring (bicyclic) bond motifs is 1. The molecule has 34 heavy (non-hydrogen) atoms. The molecule has 3 aromatic rings. The number of piperidine rings is 1. The molecule has 2 aromatic heterocycles. The smallest absolute Gasteiger partial charge is 0.332 e. The standard InChI is InChI=1S/C24H30N6O4/c1-26-21-20(23(33)27(2)24(26)34)25-15-30(21)18-13-29(14-19(18)31)22(32)17-8-6-16(7-9-17)12-28-10-4-3-5-11-28/h6-9,15,18-19,31H,3-5,10-14H2,1-2H3/t18-,19-/m1/s1. The van der Waals surface area contributed by atoms with Crippen molar-refractivity contribution in [3.8, 4) is 0 Å². The molecule has 0 radical (unpaired) electrons. The number of carbonyl (C=O) groups excluding carboxylic acids is 1. The van der Waals surface area contributed by atoms with Gasteiger partial charge in [-0.25, -0.2) is 9.78 Å². The van der Waals surface area contributed by atoms with Gasteiger partial charge in [0.25, 0.3) is 11.5 Å². The summed E-state index contributed by atoms with van der Waals surface area (Å²) >= 11 is 0. The number of carbonyl (C=O) groups is 1. The van der Waals surface area contributed by atoms with Crippen molar-refractivity contribution < 1.29 is 9.90 Å². The lowest BCUT2D eigenvalue weighted by molar-refractivity contribution is 0.0764. The summed E-state index contributed by atoms with van der Waals surface area (Å²) in [5, 5.41) is 10.8. The maximum absolute atomic E-state index is 13.2. The Kier molecular flexibility index (Phi) is 5.86. The maximum atomic E-state index is 13.2. The third-order valence-corrected chi connectivity index (χ3v) is 7.13. The largest absolute Gasteiger partial charge is 0.389 e. The normalized spacial score (nSPS) is 21.4. The number of aromatic nitrogens is 4. The van der Waals surface area contributed by atoms with Crippen molar-refractivity contribution in [1.82, 2.24) is 28.5 Å². The summed E-state index contributed by atoms with van der Waals surface area (Å²) < 4.78 is 4.00. The molecule has 5 rings (SSSR count). The topological polar surface area (TPSA) is 106 Å². The van der Waals surface area contributed by atoms with Crippen molar-refractivity contribution in [3.05, 3.63) is 62.6 Å². The molecule has 0 saturated carbocycles. The Balaban J connectivity index is 1.34. The summed E-state index contributed by atoms with van der Waals surface area (Å²) in [6, 6.07) is 7.19. The van der Waals surface area contributed by atoms with Gasteiger partial charge in [-0.1, -0.05) is 18.6 Å². The van der Waals surface area contributed by atoms with E-state index in [9.17, 15) is 19.5 Å². The molecule has 10 nitrogen and oxygen atoms in total. The number of imidazole rings is 1. The summed E-state index contributed by atoms with van der Waals surface area (Å²) in [7, 11) is 2.98. The van der Waals surface area contributed by atoms with E-state index in [-0.39, 0.29) is 24.5 Å². The van der Waals surface area contributed by atoms with Crippen molar-refractivity contribution in [3.63, 3.8) is 0 Å². The van der Waals surface area contributed by atoms with Gasteiger partial charge < -0.3 is 14.6 Å². The van der Waals surface area contributed by atoms with Crippen LogP contribution in [-0.2, 0) is 20.6 Å². The zero-order valence-corrected chi connectivity index (χ0v) is 19.6. The molecule has 10 heteroatoms. The van der Waals surface area contributed by atoms with Crippen LogP contribution in [0.2, 0.25) is 0 Å². The molecule has 0 bridgehead atoms. The lowest BCUT2D eigenvalue weighted by Crippen LogP contribution is -2.38. The molecule has 2 atom stereocenters. The van der Waals surface area contributed by atoms with E-state index < -0.39 is 23.4 Å². The maximum Gasteiger partial charge on any atom is 0.332 e. The number of nitrogens with zero attached hydrogens (tertiary/aromatic N) is 6. The molecule has 0 aliphatic carbocycles. The van der Waals surface area contributed by atoms with Crippen molar-refractivity contribution in [1.29, 1.82) is 0 Å². The first-order valence-electron chi connectivity index (χ1n) is 11.8. The lowest BCUT2D eigenvalue weighted by atomic mass is 10.1. The van der Waals surface area contributed by atoms with Gasteiger partial charge in [-0.2, -0.15) is 0 Å². The number of amides is 1. The van der Waals surface area contributed by atoms with E-state index in [1.54, 1.807) is 16.5 Å². The van der Waals surface area contributed by atoms with Gasteiger partial charge >= 0.3 is 5.69 Å². The number of aliphatic hydroxyl groups excluding tert-OH is 1. The number of β-amino-alcohol motifs (C(OH)–C–C–N with tert-alkyl or cyclic N) is 1. The Bertz CT molecular complexity index is 1330. The Morgan fingerprint density at radius 2 is 1.74 bits per heavy atom. The van der Waals surface area contributed by atoms with Gasteiger partial charge in [-0.3, -0.25) is 23.6 Å². The van der Waals surface area contributed by atoms with Crippen LogP contribution in [0.5, 0.6) is 0 Å². The minimum absolute atomic E-state index is 0.153. The minimum Gasteiger partial charge on any atom is -0.389 e. The number of hydrogen-bond donors (Lipinski definition) is 1. The van der Waals surface area contributed by atoms with E-state index in [0.717, 1.165) is 24.2 Å². The number of hydrogen-bond acceptors (Lipinski definition) is 6. The highest BCUT2D eigenvalue weighted by molar-refractivity contribution is 5.94. The number of aliphatic hydroxyl groups is 1. The van der Waals surface area contributed by atoms with Gasteiger partial charge in [0.05, 0.1) is 18.5 Å². The first-order chi connectivity index (χ1) is 16.3. The monoisotopic (exact) mass is 466 g/mol. The Morgan fingerprint density at radius 1 is 1.03 bits per heavy atom. The fourth-order valence-corrected chi connectivity index (χ4v) is 5.16. The van der Waals surface area contributed by atoms with Gasteiger partial charge in [-0.05, 0) is 43.6 Å². The third kappa shape index (κ3) is 3.86. The number of rotatable bonds is 4. The second-order valence-electron chi connectivity index (χ2n) is 9.41. The van der Waals surface area contributed by atoms with Crippen LogP contribution in [0.15, 0.2) is 40.2 Å². The summed E-state index contributed by atoms with van der Waals surface area (Å²) in [4.78, 5) is 46.3. The fraction of sp³-hybridized carbons (Fsp3) is 0.500. The molecule has 4 heterocycles. The molecule has 0 spiro atoms. The minimum atomic E-state index is -0.848. The Morgan fingerprint density at radius 3 is 2.44 bits per heavy atom. The molecule has 2 aliphatic heterocycles. The van der Waals surface area contributed by atoms with Crippen LogP contribution < -0.4 is 11.2 Å². The second kappa shape index (κ2) is 8.84. The van der Waals surface area contributed by atoms with Crippen LogP contribution in [0.3, 0.4) is 0 Å². The Hall–Kier alpha value is -3.24. The van der Waals surface area contributed by atoms with Crippen LogP contribution in [0.1, 0.15) is 41.2 Å². The molecule has 1 amide bonds. The summed E-state index contributed by atoms with van der Waals surface area (Å²) in [6.07, 6.45) is 4.39. The molecule has 2 aliphatic rings. The highest BCUT2D eigenvalue weighted by Crippen LogP contribution is 2.26. The zero-order valence-electron chi connectivity index (χ0n) is 19.6. The number of likely N-dealkylation sites (tertiary alicyclic amines) is 2. The lowest BCUT2D eigenvalue weighted by Gasteiger charge is -2.26. The van der Waals surface area contributed by atoms with Crippen LogP contribution in [-0.4, -0.2) is 71.8 Å². The van der Waals surface area contributed by atoms with E-state index in [1.165, 1.54) is 42.8 Å². The summed E-state index contributed by atoms with van der Waals surface area (Å²) in [5.74, 6) is -0.153. The second-order valence-corrected chi connectivity index (χ2v) is 9.41.